The zero-order valence-electron chi connectivity index (χ0n) is 19.6. The van der Waals surface area contributed by atoms with E-state index >= 15 is 0 Å². The summed E-state index contributed by atoms with van der Waals surface area (Å²) in [7, 11) is 3.97. The maximum atomic E-state index is 12.4. The highest BCUT2D eigenvalue weighted by Crippen LogP contribution is 2.28. The van der Waals surface area contributed by atoms with Crippen molar-refractivity contribution in [2.24, 2.45) is 5.10 Å². The van der Waals surface area contributed by atoms with Crippen LogP contribution in [0.3, 0.4) is 0 Å². The van der Waals surface area contributed by atoms with Crippen molar-refractivity contribution >= 4 is 41.2 Å². The Morgan fingerprint density at radius 2 is 1.71 bits per heavy atom. The van der Waals surface area contributed by atoms with Gasteiger partial charge in [-0.2, -0.15) is 5.10 Å². The second kappa shape index (κ2) is 11.2. The molecule has 0 bridgehead atoms. The van der Waals surface area contributed by atoms with Crippen molar-refractivity contribution in [3.63, 3.8) is 0 Å². The number of nitrogens with zero attached hydrogens (tertiary/aromatic N) is 5. The Morgan fingerprint density at radius 3 is 2.37 bits per heavy atom. The molecule has 0 unspecified atom stereocenters. The molecule has 1 aromatic heterocycles. The van der Waals surface area contributed by atoms with Crippen LogP contribution in [0.1, 0.15) is 11.1 Å². The molecular formula is C26H25ClN6OS. The van der Waals surface area contributed by atoms with Crippen molar-refractivity contribution < 1.29 is 4.79 Å². The van der Waals surface area contributed by atoms with Gasteiger partial charge in [0, 0.05) is 36.1 Å². The van der Waals surface area contributed by atoms with E-state index in [1.54, 1.807) is 6.21 Å². The summed E-state index contributed by atoms with van der Waals surface area (Å²) in [6.07, 6.45) is 1.62. The topological polar surface area (TPSA) is 75.4 Å². The van der Waals surface area contributed by atoms with Gasteiger partial charge in [-0.05, 0) is 48.9 Å². The third-order valence-corrected chi connectivity index (χ3v) is 6.35. The van der Waals surface area contributed by atoms with Gasteiger partial charge in [0.1, 0.15) is 0 Å². The summed E-state index contributed by atoms with van der Waals surface area (Å²) in [4.78, 5) is 14.5. The van der Waals surface area contributed by atoms with Gasteiger partial charge in [0.25, 0.3) is 5.91 Å². The molecule has 35 heavy (non-hydrogen) atoms. The Balaban J connectivity index is 1.47. The number of rotatable bonds is 8. The van der Waals surface area contributed by atoms with Crippen LogP contribution in [0.15, 0.2) is 83.1 Å². The number of aromatic nitrogens is 3. The lowest BCUT2D eigenvalue weighted by Gasteiger charge is -2.11. The van der Waals surface area contributed by atoms with Crippen LogP contribution in [-0.2, 0) is 4.79 Å². The van der Waals surface area contributed by atoms with Gasteiger partial charge < -0.3 is 4.90 Å². The van der Waals surface area contributed by atoms with Gasteiger partial charge in [0.15, 0.2) is 11.0 Å². The smallest absolute Gasteiger partial charge is 0.250 e. The summed E-state index contributed by atoms with van der Waals surface area (Å²) in [5, 5.41) is 14.1. The lowest BCUT2D eigenvalue weighted by Crippen LogP contribution is -2.20. The molecule has 4 rings (SSSR count). The minimum atomic E-state index is -0.237. The van der Waals surface area contributed by atoms with Crippen molar-refractivity contribution in [3.05, 3.63) is 88.9 Å². The number of halogens is 1. The number of thioether (sulfide) groups is 1. The first kappa shape index (κ1) is 24.5. The fraction of sp³-hybridized carbons (Fsp3) is 0.154. The number of hydrogen-bond acceptors (Lipinski definition) is 6. The van der Waals surface area contributed by atoms with Crippen molar-refractivity contribution in [2.75, 3.05) is 24.7 Å². The molecule has 0 aliphatic heterocycles. The number of benzene rings is 3. The minimum absolute atomic E-state index is 0.135. The summed E-state index contributed by atoms with van der Waals surface area (Å²) < 4.78 is 1.93. The zero-order valence-corrected chi connectivity index (χ0v) is 21.2. The molecule has 7 nitrogen and oxygen atoms in total. The Bertz CT molecular complexity index is 1320. The first-order valence-electron chi connectivity index (χ1n) is 10.9. The average molecular weight is 505 g/mol. The summed E-state index contributed by atoms with van der Waals surface area (Å²) in [5.41, 5.74) is 7.51. The molecule has 0 fully saturated rings. The zero-order chi connectivity index (χ0) is 24.8. The van der Waals surface area contributed by atoms with Crippen molar-refractivity contribution in [1.29, 1.82) is 0 Å². The molecule has 0 saturated carbocycles. The molecule has 3 aromatic carbocycles. The Labute approximate surface area is 213 Å². The lowest BCUT2D eigenvalue weighted by molar-refractivity contribution is -0.118. The molecule has 178 valence electrons. The predicted octanol–water partition coefficient (Wildman–Crippen LogP) is 5.20. The summed E-state index contributed by atoms with van der Waals surface area (Å²) in [5.74, 6) is 0.587. The van der Waals surface area contributed by atoms with E-state index in [1.165, 1.54) is 11.8 Å². The maximum absolute atomic E-state index is 12.4. The number of carbonyl (C=O) groups is 1. The highest BCUT2D eigenvalue weighted by atomic mass is 35.5. The van der Waals surface area contributed by atoms with Crippen LogP contribution < -0.4 is 10.3 Å². The van der Waals surface area contributed by atoms with Crippen LogP contribution in [0.2, 0.25) is 5.02 Å². The molecule has 1 heterocycles. The van der Waals surface area contributed by atoms with Crippen molar-refractivity contribution in [3.8, 4) is 17.1 Å². The number of hydrogen-bond donors (Lipinski definition) is 1. The molecule has 0 atom stereocenters. The predicted molar refractivity (Wildman–Crippen MR) is 144 cm³/mol. The van der Waals surface area contributed by atoms with Gasteiger partial charge >= 0.3 is 0 Å². The molecule has 1 amide bonds. The molecule has 1 N–H and O–H groups in total. The molecule has 0 spiro atoms. The van der Waals surface area contributed by atoms with E-state index in [0.717, 1.165) is 28.1 Å². The second-order valence-electron chi connectivity index (χ2n) is 8.05. The quantitative estimate of drug-likeness (QED) is 0.203. The molecule has 0 radical (unpaired) electrons. The largest absolute Gasteiger partial charge is 0.378 e. The van der Waals surface area contributed by atoms with E-state index < -0.39 is 0 Å². The number of anilines is 1. The van der Waals surface area contributed by atoms with Crippen LogP contribution in [-0.4, -0.2) is 46.7 Å². The van der Waals surface area contributed by atoms with E-state index in [2.05, 4.69) is 20.7 Å². The second-order valence-corrected chi connectivity index (χ2v) is 9.43. The number of carbonyl (C=O) groups excluding carboxylic acids is 1. The SMILES string of the molecule is Cc1ccc(-c2nnc(SCC(=O)N/N=C\c3ccc(N(C)C)cc3)n2-c2ccc(Cl)cc2)cc1. The monoisotopic (exact) mass is 504 g/mol. The lowest BCUT2D eigenvalue weighted by atomic mass is 10.1. The van der Waals surface area contributed by atoms with Gasteiger partial charge in [-0.25, -0.2) is 5.43 Å². The molecular weight excluding hydrogens is 480 g/mol. The summed E-state index contributed by atoms with van der Waals surface area (Å²) in [6, 6.07) is 23.4. The third kappa shape index (κ3) is 6.29. The Morgan fingerprint density at radius 1 is 1.03 bits per heavy atom. The van der Waals surface area contributed by atoms with Crippen LogP contribution in [0.4, 0.5) is 5.69 Å². The van der Waals surface area contributed by atoms with E-state index in [0.29, 0.717) is 16.0 Å². The average Bonchev–Trinajstić information content (AvgIpc) is 3.28. The first-order valence-corrected chi connectivity index (χ1v) is 12.3. The maximum Gasteiger partial charge on any atom is 0.250 e. The van der Waals surface area contributed by atoms with Crippen LogP contribution in [0.25, 0.3) is 17.1 Å². The fourth-order valence-electron chi connectivity index (χ4n) is 3.28. The highest BCUT2D eigenvalue weighted by molar-refractivity contribution is 7.99. The molecule has 0 aliphatic rings. The van der Waals surface area contributed by atoms with E-state index in [1.807, 2.05) is 103 Å². The highest BCUT2D eigenvalue weighted by Gasteiger charge is 2.17. The van der Waals surface area contributed by atoms with E-state index in [4.69, 9.17) is 11.6 Å². The first-order chi connectivity index (χ1) is 16.9. The Kier molecular flexibility index (Phi) is 7.84. The molecule has 9 heteroatoms. The van der Waals surface area contributed by atoms with Gasteiger partial charge in [-0.1, -0.05) is 65.3 Å². The van der Waals surface area contributed by atoms with E-state index in [-0.39, 0.29) is 11.7 Å². The number of nitrogens with one attached hydrogen (secondary N) is 1. The Hall–Kier alpha value is -3.62. The number of amides is 1. The molecule has 0 aliphatic carbocycles. The van der Waals surface area contributed by atoms with Gasteiger partial charge in [-0.15, -0.1) is 10.2 Å². The van der Waals surface area contributed by atoms with Crippen LogP contribution >= 0.6 is 23.4 Å². The van der Waals surface area contributed by atoms with Crippen LogP contribution in [0, 0.1) is 6.92 Å². The molecule has 0 saturated heterocycles. The number of hydrazone groups is 1. The fourth-order valence-corrected chi connectivity index (χ4v) is 4.15. The third-order valence-electron chi connectivity index (χ3n) is 5.17. The van der Waals surface area contributed by atoms with Gasteiger partial charge in [0.2, 0.25) is 0 Å². The van der Waals surface area contributed by atoms with E-state index in [9.17, 15) is 4.79 Å². The normalized spacial score (nSPS) is 11.1. The summed E-state index contributed by atoms with van der Waals surface area (Å²) in [6.45, 7) is 2.04. The van der Waals surface area contributed by atoms with Gasteiger partial charge in [0.05, 0.1) is 12.0 Å². The van der Waals surface area contributed by atoms with Gasteiger partial charge in [-0.3, -0.25) is 9.36 Å². The van der Waals surface area contributed by atoms with Crippen molar-refractivity contribution in [1.82, 2.24) is 20.2 Å². The summed E-state index contributed by atoms with van der Waals surface area (Å²) >= 11 is 7.38. The van der Waals surface area contributed by atoms with Crippen LogP contribution in [0.5, 0.6) is 0 Å². The van der Waals surface area contributed by atoms with Crippen molar-refractivity contribution in [2.45, 2.75) is 12.1 Å². The standard InChI is InChI=1S/C26H25ClN6OS/c1-18-4-8-20(9-5-18)25-30-31-26(33(25)23-14-10-21(27)11-15-23)35-17-24(34)29-28-16-19-6-12-22(13-7-19)32(2)3/h4-16H,17H2,1-3H3,(H,29,34)/b28-16-. The molecule has 4 aromatic rings. The minimum Gasteiger partial charge on any atom is -0.378 e. The number of aryl methyl sites for hydroxylation is 1.